The Morgan fingerprint density at radius 1 is 1.27 bits per heavy atom. The molecule has 0 nitrogen and oxygen atoms in total. The molecule has 1 heteroatoms. The van der Waals surface area contributed by atoms with Gasteiger partial charge >= 0.3 is 0 Å². The minimum atomic E-state index is 0.417. The zero-order valence-corrected chi connectivity index (χ0v) is 12.4. The number of rotatable bonds is 3. The van der Waals surface area contributed by atoms with Crippen molar-refractivity contribution in [3.8, 4) is 0 Å². The summed E-state index contributed by atoms with van der Waals surface area (Å²) in [7, 11) is 0. The lowest BCUT2D eigenvalue weighted by atomic mass is 9.78. The summed E-state index contributed by atoms with van der Waals surface area (Å²) in [5, 5.41) is 0. The maximum atomic E-state index is 3.84. The van der Waals surface area contributed by atoms with E-state index in [1.165, 1.54) is 38.5 Å². The lowest BCUT2D eigenvalue weighted by molar-refractivity contribution is 0.254. The van der Waals surface area contributed by atoms with Gasteiger partial charge in [-0.2, -0.15) is 0 Å². The van der Waals surface area contributed by atoms with E-state index in [9.17, 15) is 0 Å². The Bertz CT molecular complexity index is 180. The monoisotopic (exact) mass is 274 g/mol. The highest BCUT2D eigenvalue weighted by molar-refractivity contribution is 9.09. The fraction of sp³-hybridized carbons (Fsp3) is 1.00. The lowest BCUT2D eigenvalue weighted by Gasteiger charge is -2.30. The molecule has 0 radical (unpaired) electrons. The van der Waals surface area contributed by atoms with Gasteiger partial charge in [0, 0.05) is 4.83 Å². The highest BCUT2D eigenvalue weighted by atomic mass is 79.9. The van der Waals surface area contributed by atoms with Crippen molar-refractivity contribution < 1.29 is 0 Å². The minimum absolute atomic E-state index is 0.417. The number of hydrogen-bond donors (Lipinski definition) is 0. The van der Waals surface area contributed by atoms with Crippen LogP contribution in [0.2, 0.25) is 0 Å². The molecule has 0 aromatic rings. The smallest absolute Gasteiger partial charge is 0.0194 e. The van der Waals surface area contributed by atoms with Crippen molar-refractivity contribution in [1.29, 1.82) is 0 Å². The van der Waals surface area contributed by atoms with E-state index >= 15 is 0 Å². The van der Waals surface area contributed by atoms with Crippen molar-refractivity contribution in [2.75, 3.05) is 0 Å². The van der Waals surface area contributed by atoms with E-state index in [0.717, 1.165) is 11.8 Å². The topological polar surface area (TPSA) is 0 Å². The second-order valence-corrected chi connectivity index (χ2v) is 7.65. The standard InChI is InChI=1S/C14H27Br/c1-11-6-5-7-12(10-11)8-9-13(15)14(2,3)4/h11-13H,5-10H2,1-4H3. The molecule has 0 bridgehead atoms. The van der Waals surface area contributed by atoms with Crippen molar-refractivity contribution in [3.05, 3.63) is 0 Å². The van der Waals surface area contributed by atoms with Gasteiger partial charge < -0.3 is 0 Å². The summed E-state index contributed by atoms with van der Waals surface area (Å²) in [4.78, 5) is 0.683. The summed E-state index contributed by atoms with van der Waals surface area (Å²) >= 11 is 3.84. The lowest BCUT2D eigenvalue weighted by Crippen LogP contribution is -2.22. The first-order valence-electron chi connectivity index (χ1n) is 6.53. The third kappa shape index (κ3) is 4.89. The van der Waals surface area contributed by atoms with Gasteiger partial charge in [0.1, 0.15) is 0 Å². The van der Waals surface area contributed by atoms with Crippen LogP contribution in [0.5, 0.6) is 0 Å². The van der Waals surface area contributed by atoms with Gasteiger partial charge in [-0.25, -0.2) is 0 Å². The van der Waals surface area contributed by atoms with Crippen LogP contribution >= 0.6 is 15.9 Å². The van der Waals surface area contributed by atoms with Gasteiger partial charge in [0.25, 0.3) is 0 Å². The van der Waals surface area contributed by atoms with E-state index < -0.39 is 0 Å². The zero-order valence-electron chi connectivity index (χ0n) is 10.9. The molecule has 0 aromatic carbocycles. The third-order valence-corrected chi connectivity index (χ3v) is 5.64. The highest BCUT2D eigenvalue weighted by Crippen LogP contribution is 2.35. The average Bonchev–Trinajstić information content (AvgIpc) is 2.12. The fourth-order valence-corrected chi connectivity index (χ4v) is 2.90. The molecule has 1 aliphatic rings. The van der Waals surface area contributed by atoms with Crippen LogP contribution in [0.4, 0.5) is 0 Å². The second kappa shape index (κ2) is 5.70. The SMILES string of the molecule is CC1CCCC(CCC(Br)C(C)(C)C)C1. The van der Waals surface area contributed by atoms with Crippen LogP contribution in [-0.4, -0.2) is 4.83 Å². The van der Waals surface area contributed by atoms with E-state index in [1.807, 2.05) is 0 Å². The molecule has 0 heterocycles. The molecule has 1 fully saturated rings. The highest BCUT2D eigenvalue weighted by Gasteiger charge is 2.24. The van der Waals surface area contributed by atoms with Gasteiger partial charge in [0.2, 0.25) is 0 Å². The second-order valence-electron chi connectivity index (χ2n) is 6.55. The molecule has 0 saturated heterocycles. The first-order valence-corrected chi connectivity index (χ1v) is 7.45. The van der Waals surface area contributed by atoms with E-state index in [0.29, 0.717) is 10.2 Å². The van der Waals surface area contributed by atoms with Crippen LogP contribution in [0.25, 0.3) is 0 Å². The van der Waals surface area contributed by atoms with Crippen LogP contribution in [0.1, 0.15) is 66.2 Å². The Balaban J connectivity index is 2.24. The van der Waals surface area contributed by atoms with Gasteiger partial charge in [-0.15, -0.1) is 0 Å². The molecule has 0 spiro atoms. The van der Waals surface area contributed by atoms with Crippen LogP contribution in [0.15, 0.2) is 0 Å². The maximum absolute atomic E-state index is 3.84. The Labute approximate surface area is 104 Å². The first kappa shape index (κ1) is 13.5. The maximum Gasteiger partial charge on any atom is 0.0194 e. The summed E-state index contributed by atoms with van der Waals surface area (Å²) in [5.41, 5.74) is 0.417. The van der Waals surface area contributed by atoms with E-state index in [-0.39, 0.29) is 0 Å². The van der Waals surface area contributed by atoms with Crippen molar-refractivity contribution >= 4 is 15.9 Å². The van der Waals surface area contributed by atoms with Crippen molar-refractivity contribution in [1.82, 2.24) is 0 Å². The molecule has 0 amide bonds. The molecular weight excluding hydrogens is 248 g/mol. The zero-order chi connectivity index (χ0) is 11.5. The number of alkyl halides is 1. The molecule has 3 atom stereocenters. The summed E-state index contributed by atoms with van der Waals surface area (Å²) in [5.74, 6) is 1.99. The van der Waals surface area contributed by atoms with Gasteiger partial charge in [0.05, 0.1) is 0 Å². The summed E-state index contributed by atoms with van der Waals surface area (Å²) in [6, 6.07) is 0. The molecule has 1 aliphatic carbocycles. The van der Waals surface area contributed by atoms with Crippen LogP contribution in [0.3, 0.4) is 0 Å². The molecule has 1 saturated carbocycles. The number of hydrogen-bond acceptors (Lipinski definition) is 0. The van der Waals surface area contributed by atoms with Gasteiger partial charge in [-0.3, -0.25) is 0 Å². The largest absolute Gasteiger partial charge is 0.0885 e. The van der Waals surface area contributed by atoms with Crippen LogP contribution < -0.4 is 0 Å². The molecule has 15 heavy (non-hydrogen) atoms. The predicted octanol–water partition coefficient (Wildman–Crippen LogP) is 5.40. The molecular formula is C14H27Br. The Morgan fingerprint density at radius 3 is 2.47 bits per heavy atom. The molecule has 0 N–H and O–H groups in total. The average molecular weight is 275 g/mol. The summed E-state index contributed by atoms with van der Waals surface area (Å²) in [6.07, 6.45) is 8.66. The summed E-state index contributed by atoms with van der Waals surface area (Å²) in [6.45, 7) is 9.41. The van der Waals surface area contributed by atoms with Crippen molar-refractivity contribution in [2.45, 2.75) is 71.0 Å². The van der Waals surface area contributed by atoms with Crippen molar-refractivity contribution in [3.63, 3.8) is 0 Å². The quantitative estimate of drug-likeness (QED) is 0.605. The van der Waals surface area contributed by atoms with Gasteiger partial charge in [-0.05, 0) is 36.5 Å². The Morgan fingerprint density at radius 2 is 1.93 bits per heavy atom. The van der Waals surface area contributed by atoms with Gasteiger partial charge in [-0.1, -0.05) is 62.9 Å². The number of halogens is 1. The van der Waals surface area contributed by atoms with E-state index in [2.05, 4.69) is 43.6 Å². The van der Waals surface area contributed by atoms with E-state index in [4.69, 9.17) is 0 Å². The molecule has 0 aliphatic heterocycles. The van der Waals surface area contributed by atoms with Gasteiger partial charge in [0.15, 0.2) is 0 Å². The molecule has 3 unspecified atom stereocenters. The first-order chi connectivity index (χ1) is 6.89. The predicted molar refractivity (Wildman–Crippen MR) is 72.5 cm³/mol. The Hall–Kier alpha value is 0.480. The van der Waals surface area contributed by atoms with Crippen molar-refractivity contribution in [2.24, 2.45) is 17.3 Å². The third-order valence-electron chi connectivity index (χ3n) is 3.81. The molecule has 0 aromatic heterocycles. The molecule has 90 valence electrons. The minimum Gasteiger partial charge on any atom is -0.0885 e. The van der Waals surface area contributed by atoms with Crippen LogP contribution in [0, 0.1) is 17.3 Å². The summed E-state index contributed by atoms with van der Waals surface area (Å²) < 4.78 is 0. The fourth-order valence-electron chi connectivity index (χ4n) is 2.64. The normalized spacial score (nSPS) is 30.2. The van der Waals surface area contributed by atoms with E-state index in [1.54, 1.807) is 0 Å². The molecule has 1 rings (SSSR count). The van der Waals surface area contributed by atoms with Crippen LogP contribution in [-0.2, 0) is 0 Å². The Kier molecular flexibility index (Phi) is 5.15.